The molecule has 23 heavy (non-hydrogen) atoms. The molecule has 0 atom stereocenters. The van der Waals surface area contributed by atoms with E-state index >= 15 is 0 Å². The fraction of sp³-hybridized carbons (Fsp3) is 0.900. The predicted octanol–water partition coefficient (Wildman–Crippen LogP) is 7.19. The van der Waals surface area contributed by atoms with Crippen LogP contribution in [0.4, 0.5) is 4.79 Å². The molecule has 0 rings (SSSR count). The van der Waals surface area contributed by atoms with Crippen LogP contribution in [-0.2, 0) is 9.47 Å². The highest BCUT2D eigenvalue weighted by atomic mass is 16.7. The summed E-state index contributed by atoms with van der Waals surface area (Å²) in [5, 5.41) is 0. The number of rotatable bonds is 17. The zero-order chi connectivity index (χ0) is 17.0. The molecule has 3 nitrogen and oxygen atoms in total. The van der Waals surface area contributed by atoms with E-state index in [1.165, 1.54) is 89.9 Å². The Morgan fingerprint density at radius 3 is 1.35 bits per heavy atom. The number of hydrogen-bond acceptors (Lipinski definition) is 3. The fourth-order valence-corrected chi connectivity index (χ4v) is 2.85. The van der Waals surface area contributed by atoms with E-state index in [1.807, 2.05) is 0 Å². The maximum atomic E-state index is 10.7. The van der Waals surface area contributed by atoms with Crippen LogP contribution in [0.15, 0.2) is 0 Å². The summed E-state index contributed by atoms with van der Waals surface area (Å²) in [6, 6.07) is 0. The van der Waals surface area contributed by atoms with Crippen LogP contribution in [0.2, 0.25) is 0 Å². The number of ether oxygens (including phenoxy) is 2. The van der Waals surface area contributed by atoms with Gasteiger partial charge in [0.2, 0.25) is 0 Å². The molecule has 0 aliphatic heterocycles. The van der Waals surface area contributed by atoms with Gasteiger partial charge in [-0.3, -0.25) is 0 Å². The van der Waals surface area contributed by atoms with Crippen LogP contribution < -0.4 is 0 Å². The third-order valence-corrected chi connectivity index (χ3v) is 4.34. The second-order valence-corrected chi connectivity index (χ2v) is 6.55. The Kier molecular flexibility index (Phi) is 18.7. The molecule has 0 spiro atoms. The summed E-state index contributed by atoms with van der Waals surface area (Å²) in [6.07, 6.45) is 20.8. The van der Waals surface area contributed by atoms with Gasteiger partial charge in [-0.25, -0.2) is 4.79 Å². The molecule has 0 aromatic carbocycles. The summed E-state index contributed by atoms with van der Waals surface area (Å²) >= 11 is 0. The lowest BCUT2D eigenvalue weighted by Gasteiger charge is -2.04. The van der Waals surface area contributed by atoms with Gasteiger partial charge in [-0.05, 0) is 6.42 Å². The molecule has 3 heteroatoms. The molecule has 0 aliphatic carbocycles. The molecule has 0 aromatic heterocycles. The van der Waals surface area contributed by atoms with Crippen LogP contribution in [0.5, 0.6) is 0 Å². The van der Waals surface area contributed by atoms with E-state index in [0.29, 0.717) is 6.61 Å². The second kappa shape index (κ2) is 19.3. The zero-order valence-corrected chi connectivity index (χ0v) is 15.5. The molecule has 0 bridgehead atoms. The lowest BCUT2D eigenvalue weighted by Crippen LogP contribution is -2.04. The van der Waals surface area contributed by atoms with E-state index in [2.05, 4.69) is 18.8 Å². The van der Waals surface area contributed by atoms with Crippen molar-refractivity contribution in [1.82, 2.24) is 0 Å². The van der Waals surface area contributed by atoms with Crippen molar-refractivity contribution in [1.29, 1.82) is 0 Å². The van der Waals surface area contributed by atoms with Crippen molar-refractivity contribution in [3.8, 4) is 0 Å². The Bertz CT molecular complexity index is 241. The molecule has 0 saturated carbocycles. The van der Waals surface area contributed by atoms with Crippen LogP contribution in [0.1, 0.15) is 110 Å². The van der Waals surface area contributed by atoms with Gasteiger partial charge in [0.25, 0.3) is 0 Å². The van der Waals surface area contributed by atoms with E-state index in [9.17, 15) is 4.79 Å². The molecule has 137 valence electrons. The summed E-state index contributed by atoms with van der Waals surface area (Å²) < 4.78 is 8.95. The average molecular weight is 328 g/mol. The van der Waals surface area contributed by atoms with Gasteiger partial charge in [0.1, 0.15) is 7.11 Å². The van der Waals surface area contributed by atoms with Crippen molar-refractivity contribution in [3.63, 3.8) is 0 Å². The topological polar surface area (TPSA) is 35.5 Å². The highest BCUT2D eigenvalue weighted by molar-refractivity contribution is 5.59. The molecular formula is C20H39O3. The highest BCUT2D eigenvalue weighted by Gasteiger charge is 1.99. The van der Waals surface area contributed by atoms with E-state index in [0.717, 1.165) is 12.8 Å². The quantitative estimate of drug-likeness (QED) is 0.209. The third-order valence-electron chi connectivity index (χ3n) is 4.34. The Balaban J connectivity index is 2.99. The summed E-state index contributed by atoms with van der Waals surface area (Å²) in [5.41, 5.74) is 0. The fourth-order valence-electron chi connectivity index (χ4n) is 2.85. The van der Waals surface area contributed by atoms with Gasteiger partial charge < -0.3 is 9.47 Å². The Morgan fingerprint density at radius 2 is 1.00 bits per heavy atom. The molecule has 0 amide bonds. The number of unbranched alkanes of at least 4 members (excludes halogenated alkanes) is 15. The van der Waals surface area contributed by atoms with Crippen LogP contribution in [0.3, 0.4) is 0 Å². The van der Waals surface area contributed by atoms with Crippen molar-refractivity contribution < 1.29 is 14.3 Å². The van der Waals surface area contributed by atoms with Crippen molar-refractivity contribution in [3.05, 3.63) is 7.11 Å². The van der Waals surface area contributed by atoms with Crippen LogP contribution >= 0.6 is 0 Å². The van der Waals surface area contributed by atoms with Gasteiger partial charge in [-0.15, -0.1) is 0 Å². The van der Waals surface area contributed by atoms with Crippen LogP contribution in [0, 0.1) is 7.11 Å². The number of carbonyl (C=O) groups is 1. The highest BCUT2D eigenvalue weighted by Crippen LogP contribution is 2.13. The largest absolute Gasteiger partial charge is 0.508 e. The van der Waals surface area contributed by atoms with Gasteiger partial charge in [0, 0.05) is 0 Å². The normalized spacial score (nSPS) is 10.7. The summed E-state index contributed by atoms with van der Waals surface area (Å²) in [4.78, 5) is 10.7. The maximum absolute atomic E-state index is 10.7. The first-order chi connectivity index (χ1) is 11.3. The monoisotopic (exact) mass is 327 g/mol. The molecule has 0 aliphatic rings. The minimum Gasteiger partial charge on any atom is -0.434 e. The summed E-state index contributed by atoms with van der Waals surface area (Å²) in [5.74, 6) is 0. The molecule has 0 heterocycles. The van der Waals surface area contributed by atoms with E-state index in [1.54, 1.807) is 0 Å². The van der Waals surface area contributed by atoms with Gasteiger partial charge in [-0.2, -0.15) is 0 Å². The lowest BCUT2D eigenvalue weighted by molar-refractivity contribution is 0.0814. The van der Waals surface area contributed by atoms with E-state index in [-0.39, 0.29) is 0 Å². The first kappa shape index (κ1) is 22.3. The second-order valence-electron chi connectivity index (χ2n) is 6.55. The van der Waals surface area contributed by atoms with Gasteiger partial charge in [0.05, 0.1) is 6.61 Å². The van der Waals surface area contributed by atoms with Gasteiger partial charge in [0.15, 0.2) is 0 Å². The van der Waals surface area contributed by atoms with Gasteiger partial charge >= 0.3 is 6.16 Å². The minimum atomic E-state index is -0.675. The molecular weight excluding hydrogens is 288 g/mol. The zero-order valence-electron chi connectivity index (χ0n) is 15.5. The maximum Gasteiger partial charge on any atom is 0.508 e. The molecule has 0 fully saturated rings. The van der Waals surface area contributed by atoms with Crippen molar-refractivity contribution in [2.75, 3.05) is 6.61 Å². The Hall–Kier alpha value is -0.730. The molecule has 0 unspecified atom stereocenters. The smallest absolute Gasteiger partial charge is 0.434 e. The van der Waals surface area contributed by atoms with Crippen LogP contribution in [-0.4, -0.2) is 12.8 Å². The summed E-state index contributed by atoms with van der Waals surface area (Å²) in [7, 11) is 3.01. The molecule has 0 aromatic rings. The first-order valence-electron chi connectivity index (χ1n) is 9.90. The average Bonchev–Trinajstić information content (AvgIpc) is 2.57. The Morgan fingerprint density at radius 1 is 0.652 bits per heavy atom. The third kappa shape index (κ3) is 19.2. The molecule has 0 saturated heterocycles. The SMILES string of the molecule is [CH2]OC(=O)OCCCCCCCCCCCCCCCCCC. The molecule has 0 N–H and O–H groups in total. The number of hydrogen-bond donors (Lipinski definition) is 0. The van der Waals surface area contributed by atoms with Crippen molar-refractivity contribution in [2.45, 2.75) is 110 Å². The standard InChI is InChI=1S/C20H39O3/c1-3-4-5-6-7-8-9-10-11-12-13-14-15-16-17-18-19-23-20(21)22-2/h2-19H2,1H3. The van der Waals surface area contributed by atoms with E-state index < -0.39 is 6.16 Å². The van der Waals surface area contributed by atoms with Crippen molar-refractivity contribution in [2.24, 2.45) is 0 Å². The first-order valence-corrected chi connectivity index (χ1v) is 9.90. The predicted molar refractivity (Wildman–Crippen MR) is 97.3 cm³/mol. The van der Waals surface area contributed by atoms with Gasteiger partial charge in [-0.1, -0.05) is 103 Å². The lowest BCUT2D eigenvalue weighted by atomic mass is 10.0. The van der Waals surface area contributed by atoms with E-state index in [4.69, 9.17) is 4.74 Å². The van der Waals surface area contributed by atoms with Crippen molar-refractivity contribution >= 4 is 6.16 Å². The molecule has 1 radical (unpaired) electrons. The Labute approximate surface area is 144 Å². The number of carbonyl (C=O) groups excluding carboxylic acids is 1. The summed E-state index contributed by atoms with van der Waals surface area (Å²) in [6.45, 7) is 2.73. The van der Waals surface area contributed by atoms with Crippen LogP contribution in [0.25, 0.3) is 0 Å². The minimum absolute atomic E-state index is 0.451.